The van der Waals surface area contributed by atoms with Crippen molar-refractivity contribution < 1.29 is 4.74 Å². The number of aryl methyl sites for hydroxylation is 1. The third kappa shape index (κ3) is 3.34. The lowest BCUT2D eigenvalue weighted by molar-refractivity contribution is 0.244. The highest BCUT2D eigenvalue weighted by atomic mass is 32.1. The Hall–Kier alpha value is -2.70. The average molecular weight is 379 g/mol. The molecule has 0 aliphatic heterocycles. The minimum Gasteiger partial charge on any atom is -0.497 e. The molecule has 0 aliphatic rings. The van der Waals surface area contributed by atoms with Gasteiger partial charge in [-0.15, -0.1) is 0 Å². The standard InChI is InChI=1S/C21H22N4OS/c1-15-11-20-22-24(21(27)25(20)19-10-5-4-9-18(15)19)14-23(2)13-16-7-6-8-17(12-16)26-3/h4-12H,13-14H2,1-3H3. The van der Waals surface area contributed by atoms with Gasteiger partial charge < -0.3 is 4.74 Å². The topological polar surface area (TPSA) is 34.7 Å². The first kappa shape index (κ1) is 17.7. The molecule has 5 nitrogen and oxygen atoms in total. The first-order chi connectivity index (χ1) is 13.1. The van der Waals surface area contributed by atoms with Gasteiger partial charge in [-0.05, 0) is 61.6 Å². The van der Waals surface area contributed by atoms with Gasteiger partial charge in [0, 0.05) is 11.9 Å². The summed E-state index contributed by atoms with van der Waals surface area (Å²) in [6.45, 7) is 3.51. The summed E-state index contributed by atoms with van der Waals surface area (Å²) in [6.07, 6.45) is 0. The molecule has 0 spiro atoms. The molecule has 27 heavy (non-hydrogen) atoms. The number of benzene rings is 2. The lowest BCUT2D eigenvalue weighted by Crippen LogP contribution is -2.22. The van der Waals surface area contributed by atoms with Crippen LogP contribution in [0, 0.1) is 11.7 Å². The second-order valence-corrected chi connectivity index (χ2v) is 7.19. The minimum absolute atomic E-state index is 0.616. The maximum absolute atomic E-state index is 5.74. The number of ether oxygens (including phenoxy) is 1. The SMILES string of the molecule is COc1cccc(CN(C)Cn2nc3cc(C)c4ccccc4n3c2=S)c1. The van der Waals surface area contributed by atoms with E-state index < -0.39 is 0 Å². The van der Waals surface area contributed by atoms with Crippen LogP contribution in [0.2, 0.25) is 0 Å². The van der Waals surface area contributed by atoms with Crippen LogP contribution in [0.4, 0.5) is 0 Å². The quantitative estimate of drug-likeness (QED) is 0.481. The molecule has 0 saturated carbocycles. The fourth-order valence-electron chi connectivity index (χ4n) is 3.47. The van der Waals surface area contributed by atoms with Crippen LogP contribution >= 0.6 is 12.2 Å². The fourth-order valence-corrected chi connectivity index (χ4v) is 3.76. The van der Waals surface area contributed by atoms with Gasteiger partial charge in [0.2, 0.25) is 4.77 Å². The summed E-state index contributed by atoms with van der Waals surface area (Å²) in [5.41, 5.74) is 4.37. The van der Waals surface area contributed by atoms with Gasteiger partial charge in [0.15, 0.2) is 5.65 Å². The monoisotopic (exact) mass is 378 g/mol. The molecule has 4 rings (SSSR count). The number of aromatic nitrogens is 3. The number of para-hydroxylation sites is 1. The second-order valence-electron chi connectivity index (χ2n) is 6.83. The Bertz CT molecular complexity index is 1180. The van der Waals surface area contributed by atoms with Crippen molar-refractivity contribution >= 4 is 28.8 Å². The van der Waals surface area contributed by atoms with Gasteiger partial charge in [0.05, 0.1) is 19.3 Å². The maximum Gasteiger partial charge on any atom is 0.204 e. The van der Waals surface area contributed by atoms with Crippen LogP contribution < -0.4 is 4.74 Å². The number of rotatable bonds is 5. The molecule has 4 aromatic rings. The van der Waals surface area contributed by atoms with Gasteiger partial charge in [0.1, 0.15) is 5.75 Å². The van der Waals surface area contributed by atoms with E-state index in [1.54, 1.807) is 7.11 Å². The molecular weight excluding hydrogens is 356 g/mol. The van der Waals surface area contributed by atoms with E-state index in [4.69, 9.17) is 22.1 Å². The molecule has 0 aliphatic carbocycles. The van der Waals surface area contributed by atoms with E-state index in [0.717, 1.165) is 23.5 Å². The molecule has 2 heterocycles. The zero-order valence-corrected chi connectivity index (χ0v) is 16.5. The fraction of sp³-hybridized carbons (Fsp3) is 0.238. The van der Waals surface area contributed by atoms with Gasteiger partial charge in [0.25, 0.3) is 0 Å². The summed E-state index contributed by atoms with van der Waals surface area (Å²) >= 11 is 5.74. The summed E-state index contributed by atoms with van der Waals surface area (Å²) in [5.74, 6) is 0.868. The smallest absolute Gasteiger partial charge is 0.204 e. The van der Waals surface area contributed by atoms with E-state index in [-0.39, 0.29) is 0 Å². The number of pyridine rings is 1. The Balaban J connectivity index is 1.67. The van der Waals surface area contributed by atoms with Crippen LogP contribution in [0.25, 0.3) is 16.6 Å². The normalized spacial score (nSPS) is 11.6. The molecule has 0 radical (unpaired) electrons. The Morgan fingerprint density at radius 3 is 2.74 bits per heavy atom. The van der Waals surface area contributed by atoms with Crippen LogP contribution in [-0.2, 0) is 13.2 Å². The third-order valence-electron chi connectivity index (χ3n) is 4.74. The number of fused-ring (bicyclic) bond motifs is 3. The van der Waals surface area contributed by atoms with Crippen LogP contribution in [0.15, 0.2) is 54.6 Å². The molecule has 0 unspecified atom stereocenters. The van der Waals surface area contributed by atoms with Crippen LogP contribution in [0.5, 0.6) is 5.75 Å². The highest BCUT2D eigenvalue weighted by molar-refractivity contribution is 7.71. The van der Waals surface area contributed by atoms with Gasteiger partial charge in [-0.25, -0.2) is 4.68 Å². The van der Waals surface area contributed by atoms with E-state index in [0.29, 0.717) is 11.4 Å². The van der Waals surface area contributed by atoms with Crippen molar-refractivity contribution in [2.24, 2.45) is 0 Å². The van der Waals surface area contributed by atoms with Crippen molar-refractivity contribution in [3.8, 4) is 5.75 Å². The van der Waals surface area contributed by atoms with Gasteiger partial charge in [-0.1, -0.05) is 30.3 Å². The first-order valence-corrected chi connectivity index (χ1v) is 9.27. The van der Waals surface area contributed by atoms with Crippen LogP contribution in [0.1, 0.15) is 11.1 Å². The summed E-state index contributed by atoms with van der Waals surface area (Å²) in [5, 5.41) is 5.95. The van der Waals surface area contributed by atoms with E-state index >= 15 is 0 Å². The first-order valence-electron chi connectivity index (χ1n) is 8.86. The van der Waals surface area contributed by atoms with Gasteiger partial charge in [-0.3, -0.25) is 9.30 Å². The Labute approximate surface area is 163 Å². The average Bonchev–Trinajstić information content (AvgIpc) is 2.97. The number of methoxy groups -OCH3 is 1. The molecule has 0 N–H and O–H groups in total. The van der Waals surface area contributed by atoms with Crippen molar-refractivity contribution in [3.05, 3.63) is 70.5 Å². The lowest BCUT2D eigenvalue weighted by atomic mass is 10.1. The van der Waals surface area contributed by atoms with Crippen LogP contribution in [-0.4, -0.2) is 33.2 Å². The maximum atomic E-state index is 5.74. The van der Waals surface area contributed by atoms with Gasteiger partial charge >= 0.3 is 0 Å². The molecular formula is C21H22N4OS. The largest absolute Gasteiger partial charge is 0.497 e. The minimum atomic E-state index is 0.616. The van der Waals surface area contributed by atoms with Crippen molar-refractivity contribution in [2.75, 3.05) is 14.2 Å². The molecule has 0 saturated heterocycles. The Morgan fingerprint density at radius 1 is 1.11 bits per heavy atom. The predicted molar refractivity (Wildman–Crippen MR) is 111 cm³/mol. The van der Waals surface area contributed by atoms with E-state index in [1.165, 1.54) is 16.5 Å². The van der Waals surface area contributed by atoms with E-state index in [2.05, 4.69) is 59.7 Å². The van der Waals surface area contributed by atoms with Crippen molar-refractivity contribution in [2.45, 2.75) is 20.1 Å². The number of hydrogen-bond donors (Lipinski definition) is 0. The highest BCUT2D eigenvalue weighted by Crippen LogP contribution is 2.21. The van der Waals surface area contributed by atoms with Crippen molar-refractivity contribution in [3.63, 3.8) is 0 Å². The summed E-state index contributed by atoms with van der Waals surface area (Å²) in [6, 6.07) is 18.5. The second kappa shape index (κ2) is 7.13. The predicted octanol–water partition coefficient (Wildman–Crippen LogP) is 4.43. The third-order valence-corrected chi connectivity index (χ3v) is 5.14. The summed E-state index contributed by atoms with van der Waals surface area (Å²) < 4.78 is 9.96. The molecule has 0 bridgehead atoms. The summed E-state index contributed by atoms with van der Waals surface area (Å²) in [4.78, 5) is 2.19. The zero-order chi connectivity index (χ0) is 19.0. The number of hydrogen-bond acceptors (Lipinski definition) is 4. The molecule has 0 atom stereocenters. The van der Waals surface area contributed by atoms with Crippen LogP contribution in [0.3, 0.4) is 0 Å². The highest BCUT2D eigenvalue weighted by Gasteiger charge is 2.11. The summed E-state index contributed by atoms with van der Waals surface area (Å²) in [7, 11) is 3.75. The Kier molecular flexibility index (Phi) is 4.68. The lowest BCUT2D eigenvalue weighted by Gasteiger charge is -2.16. The molecule has 0 amide bonds. The van der Waals surface area contributed by atoms with Gasteiger partial charge in [-0.2, -0.15) is 5.10 Å². The van der Waals surface area contributed by atoms with E-state index in [9.17, 15) is 0 Å². The van der Waals surface area contributed by atoms with Crippen molar-refractivity contribution in [1.82, 2.24) is 19.1 Å². The molecule has 2 aromatic heterocycles. The molecule has 2 aromatic carbocycles. The zero-order valence-electron chi connectivity index (χ0n) is 15.7. The molecule has 6 heteroatoms. The Morgan fingerprint density at radius 2 is 1.93 bits per heavy atom. The molecule has 138 valence electrons. The number of nitrogens with zero attached hydrogens (tertiary/aromatic N) is 4. The molecule has 0 fully saturated rings. The van der Waals surface area contributed by atoms with E-state index in [1.807, 2.05) is 22.9 Å². The van der Waals surface area contributed by atoms with Crippen molar-refractivity contribution in [1.29, 1.82) is 0 Å².